The molecule has 1 N–H and O–H groups in total. The molecule has 19 heavy (non-hydrogen) atoms. The molecule has 0 unspecified atom stereocenters. The molecule has 0 aromatic heterocycles. The van der Waals surface area contributed by atoms with Crippen LogP contribution in [-0.2, 0) is 16.0 Å². The van der Waals surface area contributed by atoms with Gasteiger partial charge in [0.15, 0.2) is 0 Å². The normalized spacial score (nSPS) is 15.8. The van der Waals surface area contributed by atoms with E-state index in [1.54, 1.807) is 7.11 Å². The number of hydrogen-bond acceptors (Lipinski definition) is 4. The minimum absolute atomic E-state index is 0.723. The quantitative estimate of drug-likeness (QED) is 0.809. The molecule has 0 amide bonds. The fourth-order valence-electron chi connectivity index (χ4n) is 2.18. The first-order chi connectivity index (χ1) is 9.31. The second kappa shape index (κ2) is 7.70. The lowest BCUT2D eigenvalue weighted by Gasteiger charge is -2.31. The van der Waals surface area contributed by atoms with Crippen LogP contribution in [0.4, 0.5) is 5.69 Å². The molecule has 1 saturated heterocycles. The summed E-state index contributed by atoms with van der Waals surface area (Å²) in [4.78, 5) is 2.34. The maximum Gasteiger partial charge on any atom is 0.0642 e. The summed E-state index contributed by atoms with van der Waals surface area (Å²) in [5, 5.41) is 4.16. The minimum atomic E-state index is 0.723. The van der Waals surface area contributed by atoms with Crippen molar-refractivity contribution in [3.8, 4) is 0 Å². The molecule has 1 aromatic rings. The van der Waals surface area contributed by atoms with Gasteiger partial charge in [0, 0.05) is 44.0 Å². The number of benzene rings is 1. The van der Waals surface area contributed by atoms with E-state index in [-0.39, 0.29) is 0 Å². The summed E-state index contributed by atoms with van der Waals surface area (Å²) in [6.07, 6.45) is 0. The van der Waals surface area contributed by atoms with E-state index in [9.17, 15) is 0 Å². The van der Waals surface area contributed by atoms with Gasteiger partial charge < -0.3 is 19.7 Å². The van der Waals surface area contributed by atoms with Gasteiger partial charge >= 0.3 is 0 Å². The molecule has 1 aromatic carbocycles. The molecule has 0 atom stereocenters. The van der Waals surface area contributed by atoms with E-state index < -0.39 is 0 Å². The van der Waals surface area contributed by atoms with Crippen molar-refractivity contribution in [2.75, 3.05) is 51.5 Å². The summed E-state index contributed by atoms with van der Waals surface area (Å²) < 4.78 is 10.4. The molecular formula is C14H21ClN2O2. The predicted molar refractivity (Wildman–Crippen MR) is 78.1 cm³/mol. The van der Waals surface area contributed by atoms with E-state index in [2.05, 4.69) is 16.3 Å². The van der Waals surface area contributed by atoms with Gasteiger partial charge in [0.05, 0.1) is 19.8 Å². The lowest BCUT2D eigenvalue weighted by molar-refractivity contribution is 0.122. The van der Waals surface area contributed by atoms with Crippen molar-refractivity contribution in [1.29, 1.82) is 0 Å². The molecule has 1 aliphatic heterocycles. The number of halogens is 1. The molecule has 106 valence electrons. The van der Waals surface area contributed by atoms with Gasteiger partial charge in [-0.1, -0.05) is 17.7 Å². The zero-order valence-corrected chi connectivity index (χ0v) is 12.1. The summed E-state index contributed by atoms with van der Waals surface area (Å²) in [7, 11) is 1.71. The van der Waals surface area contributed by atoms with Crippen LogP contribution in [0, 0.1) is 0 Å². The van der Waals surface area contributed by atoms with Gasteiger partial charge in [0.1, 0.15) is 0 Å². The van der Waals surface area contributed by atoms with E-state index in [1.807, 2.05) is 12.1 Å². The summed E-state index contributed by atoms with van der Waals surface area (Å²) in [6, 6.07) is 6.08. The molecule has 0 radical (unpaired) electrons. The van der Waals surface area contributed by atoms with Crippen molar-refractivity contribution in [1.82, 2.24) is 5.32 Å². The van der Waals surface area contributed by atoms with Gasteiger partial charge in [-0.2, -0.15) is 0 Å². The monoisotopic (exact) mass is 284 g/mol. The van der Waals surface area contributed by atoms with Gasteiger partial charge in [-0.15, -0.1) is 0 Å². The molecule has 1 heterocycles. The molecule has 0 saturated carbocycles. The lowest BCUT2D eigenvalue weighted by atomic mass is 10.1. The SMILES string of the molecule is COCCNCc1ccc(Cl)cc1N1CCOCC1. The molecule has 4 nitrogen and oxygen atoms in total. The zero-order chi connectivity index (χ0) is 13.5. The average molecular weight is 285 g/mol. The van der Waals surface area contributed by atoms with Crippen LogP contribution < -0.4 is 10.2 Å². The van der Waals surface area contributed by atoms with E-state index in [4.69, 9.17) is 21.1 Å². The lowest BCUT2D eigenvalue weighted by Crippen LogP contribution is -2.37. The highest BCUT2D eigenvalue weighted by atomic mass is 35.5. The molecule has 0 bridgehead atoms. The number of anilines is 1. The van der Waals surface area contributed by atoms with Crippen molar-refractivity contribution in [2.24, 2.45) is 0 Å². The molecule has 5 heteroatoms. The second-order valence-electron chi connectivity index (χ2n) is 4.54. The highest BCUT2D eigenvalue weighted by Crippen LogP contribution is 2.25. The maximum atomic E-state index is 6.12. The Bertz CT molecular complexity index is 395. The van der Waals surface area contributed by atoms with E-state index in [0.717, 1.165) is 51.0 Å². The summed E-state index contributed by atoms with van der Waals surface area (Å²) in [6.45, 7) is 5.80. The predicted octanol–water partition coefficient (Wildman–Crippen LogP) is 1.91. The van der Waals surface area contributed by atoms with Crippen molar-refractivity contribution in [2.45, 2.75) is 6.54 Å². The standard InChI is InChI=1S/C14H21ClN2O2/c1-18-7-4-16-11-12-2-3-13(15)10-14(12)17-5-8-19-9-6-17/h2-3,10,16H,4-9,11H2,1H3. The number of ether oxygens (including phenoxy) is 2. The molecule has 1 aliphatic rings. The Balaban J connectivity index is 2.03. The van der Waals surface area contributed by atoms with Crippen LogP contribution in [-0.4, -0.2) is 46.6 Å². The van der Waals surface area contributed by atoms with Crippen LogP contribution in [0.2, 0.25) is 5.02 Å². The first kappa shape index (κ1) is 14.6. The topological polar surface area (TPSA) is 33.7 Å². The van der Waals surface area contributed by atoms with Gasteiger partial charge in [-0.05, 0) is 17.7 Å². The van der Waals surface area contributed by atoms with Gasteiger partial charge in [0.2, 0.25) is 0 Å². The number of methoxy groups -OCH3 is 1. The van der Waals surface area contributed by atoms with E-state index in [1.165, 1.54) is 11.3 Å². The number of nitrogens with zero attached hydrogens (tertiary/aromatic N) is 1. The van der Waals surface area contributed by atoms with E-state index in [0.29, 0.717) is 0 Å². The van der Waals surface area contributed by atoms with Crippen LogP contribution >= 0.6 is 11.6 Å². The molecule has 0 spiro atoms. The highest BCUT2D eigenvalue weighted by Gasteiger charge is 2.14. The van der Waals surface area contributed by atoms with Crippen LogP contribution in [0.5, 0.6) is 0 Å². The number of nitrogens with one attached hydrogen (secondary N) is 1. The Morgan fingerprint density at radius 3 is 2.89 bits per heavy atom. The smallest absolute Gasteiger partial charge is 0.0642 e. The molecule has 0 aliphatic carbocycles. The van der Waals surface area contributed by atoms with Crippen molar-refractivity contribution in [3.05, 3.63) is 28.8 Å². The van der Waals surface area contributed by atoms with Crippen LogP contribution in [0.1, 0.15) is 5.56 Å². The van der Waals surface area contributed by atoms with Crippen LogP contribution in [0.15, 0.2) is 18.2 Å². The first-order valence-electron chi connectivity index (χ1n) is 6.62. The maximum absolute atomic E-state index is 6.12. The fourth-order valence-corrected chi connectivity index (χ4v) is 2.35. The Morgan fingerprint density at radius 2 is 2.16 bits per heavy atom. The third-order valence-electron chi connectivity index (χ3n) is 3.20. The Hall–Kier alpha value is -0.810. The van der Waals surface area contributed by atoms with Crippen molar-refractivity contribution in [3.63, 3.8) is 0 Å². The third kappa shape index (κ3) is 4.35. The largest absolute Gasteiger partial charge is 0.383 e. The van der Waals surface area contributed by atoms with Crippen LogP contribution in [0.25, 0.3) is 0 Å². The molecule has 1 fully saturated rings. The second-order valence-corrected chi connectivity index (χ2v) is 4.98. The Kier molecular flexibility index (Phi) is 5.92. The summed E-state index contributed by atoms with van der Waals surface area (Å²) in [5.74, 6) is 0. The first-order valence-corrected chi connectivity index (χ1v) is 7.00. The third-order valence-corrected chi connectivity index (χ3v) is 3.43. The fraction of sp³-hybridized carbons (Fsp3) is 0.571. The summed E-state index contributed by atoms with van der Waals surface area (Å²) >= 11 is 6.12. The number of hydrogen-bond donors (Lipinski definition) is 1. The number of morpholine rings is 1. The Morgan fingerprint density at radius 1 is 1.37 bits per heavy atom. The number of rotatable bonds is 6. The zero-order valence-electron chi connectivity index (χ0n) is 11.3. The average Bonchev–Trinajstić information content (AvgIpc) is 2.46. The minimum Gasteiger partial charge on any atom is -0.383 e. The van der Waals surface area contributed by atoms with Gasteiger partial charge in [-0.25, -0.2) is 0 Å². The molecular weight excluding hydrogens is 264 g/mol. The van der Waals surface area contributed by atoms with E-state index >= 15 is 0 Å². The highest BCUT2D eigenvalue weighted by molar-refractivity contribution is 6.30. The summed E-state index contributed by atoms with van der Waals surface area (Å²) in [5.41, 5.74) is 2.48. The van der Waals surface area contributed by atoms with Gasteiger partial charge in [0.25, 0.3) is 0 Å². The van der Waals surface area contributed by atoms with Crippen LogP contribution in [0.3, 0.4) is 0 Å². The van der Waals surface area contributed by atoms with Crippen molar-refractivity contribution >= 4 is 17.3 Å². The van der Waals surface area contributed by atoms with Gasteiger partial charge in [-0.3, -0.25) is 0 Å². The Labute approximate surface area is 119 Å². The van der Waals surface area contributed by atoms with Crippen molar-refractivity contribution < 1.29 is 9.47 Å². The molecule has 2 rings (SSSR count).